The highest BCUT2D eigenvalue weighted by molar-refractivity contribution is 6.18. The molecule has 0 heterocycles. The Morgan fingerprint density at radius 2 is 1.77 bits per heavy atom. The quantitative estimate of drug-likeness (QED) is 0.456. The molecule has 5 heteroatoms. The van der Waals surface area contributed by atoms with Crippen molar-refractivity contribution in [2.75, 3.05) is 31.4 Å². The van der Waals surface area contributed by atoms with Gasteiger partial charge in [0.25, 0.3) is 0 Å². The Labute approximate surface area is 197 Å². The number of hydrogen-bond acceptors (Lipinski definition) is 3. The molecule has 0 bridgehead atoms. The van der Waals surface area contributed by atoms with Crippen LogP contribution in [0.4, 0.5) is 0 Å². The van der Waals surface area contributed by atoms with Gasteiger partial charge in [0, 0.05) is 36.7 Å². The maximum absolute atomic E-state index is 12.0. The molecule has 4 aliphatic rings. The number of rotatable bonds is 5. The van der Waals surface area contributed by atoms with Crippen LogP contribution in [0, 0.1) is 40.4 Å². The third-order valence-electron chi connectivity index (χ3n) is 9.51. The van der Waals surface area contributed by atoms with Crippen LogP contribution in [0.3, 0.4) is 0 Å². The summed E-state index contributed by atoms with van der Waals surface area (Å²) in [7, 11) is 0. The van der Waals surface area contributed by atoms with Gasteiger partial charge in [-0.1, -0.05) is 31.3 Å². The molecule has 0 amide bonds. The van der Waals surface area contributed by atoms with Gasteiger partial charge in [-0.3, -0.25) is 9.69 Å². The Balaban J connectivity index is 1.53. The van der Waals surface area contributed by atoms with Crippen LogP contribution in [-0.2, 0) is 4.79 Å². The van der Waals surface area contributed by atoms with Crippen molar-refractivity contribution in [3.05, 3.63) is 11.6 Å². The summed E-state index contributed by atoms with van der Waals surface area (Å²) in [5.74, 6) is 9.85. The number of ketones is 1. The van der Waals surface area contributed by atoms with Gasteiger partial charge in [0.05, 0.1) is 6.54 Å². The van der Waals surface area contributed by atoms with E-state index in [4.69, 9.17) is 23.2 Å². The second-order valence-corrected chi connectivity index (χ2v) is 11.5. The zero-order valence-electron chi connectivity index (χ0n) is 19.1. The molecule has 0 saturated heterocycles. The van der Waals surface area contributed by atoms with E-state index in [1.165, 1.54) is 5.57 Å². The molecule has 0 spiro atoms. The van der Waals surface area contributed by atoms with Crippen LogP contribution in [0.1, 0.15) is 65.2 Å². The first-order chi connectivity index (χ1) is 14.8. The number of aliphatic hydroxyl groups is 1. The third kappa shape index (κ3) is 4.01. The van der Waals surface area contributed by atoms with Crippen molar-refractivity contribution in [1.29, 1.82) is 0 Å². The van der Waals surface area contributed by atoms with Gasteiger partial charge in [0.15, 0.2) is 5.78 Å². The molecule has 3 saturated carbocycles. The van der Waals surface area contributed by atoms with Gasteiger partial charge in [-0.2, -0.15) is 0 Å². The van der Waals surface area contributed by atoms with E-state index in [0.717, 1.165) is 58.0 Å². The van der Waals surface area contributed by atoms with Crippen molar-refractivity contribution >= 4 is 29.0 Å². The summed E-state index contributed by atoms with van der Waals surface area (Å²) in [6.07, 6.45) is 9.86. The fourth-order valence-corrected chi connectivity index (χ4v) is 8.07. The van der Waals surface area contributed by atoms with Crippen molar-refractivity contribution in [2.24, 2.45) is 28.6 Å². The lowest BCUT2D eigenvalue weighted by molar-refractivity contribution is -0.119. The van der Waals surface area contributed by atoms with Crippen LogP contribution in [-0.4, -0.2) is 52.8 Å². The zero-order valence-corrected chi connectivity index (χ0v) is 20.6. The van der Waals surface area contributed by atoms with E-state index in [9.17, 15) is 9.90 Å². The minimum Gasteiger partial charge on any atom is -0.377 e. The first-order valence-electron chi connectivity index (χ1n) is 12.1. The first kappa shape index (κ1) is 23.6. The summed E-state index contributed by atoms with van der Waals surface area (Å²) < 4.78 is 0. The number of carbonyl (C=O) groups excluding carboxylic acids is 1. The number of alkyl halides is 2. The van der Waals surface area contributed by atoms with Crippen molar-refractivity contribution in [3.63, 3.8) is 0 Å². The minimum atomic E-state index is -0.907. The van der Waals surface area contributed by atoms with Crippen LogP contribution >= 0.6 is 23.2 Å². The molecule has 4 aliphatic carbocycles. The van der Waals surface area contributed by atoms with Gasteiger partial charge in [0.1, 0.15) is 5.60 Å². The Bertz CT molecular complexity index is 795. The van der Waals surface area contributed by atoms with Crippen LogP contribution in [0.2, 0.25) is 0 Å². The average molecular weight is 466 g/mol. The van der Waals surface area contributed by atoms with Crippen molar-refractivity contribution in [2.45, 2.75) is 70.8 Å². The normalized spacial score (nSPS) is 41.7. The molecule has 0 aromatic carbocycles. The Kier molecular flexibility index (Phi) is 6.87. The fourth-order valence-electron chi connectivity index (χ4n) is 7.59. The number of allylic oxidation sites excluding steroid dienone is 1. The molecule has 1 N–H and O–H groups in total. The predicted octanol–water partition coefficient (Wildman–Crippen LogP) is 5.03. The molecule has 0 aliphatic heterocycles. The standard InChI is InChI=1S/C26H37Cl2NO2/c1-24-10-6-20(30)18-19(24)4-5-21-22(24)7-11-25(2)23(21)8-12-26(25,31)9-3-15-29(16-13-27)17-14-28/h18,21-23,31H,4-8,10-17H2,1-2H3/t21-,22+,23+,24+,25+,26+/m1/s1. The van der Waals surface area contributed by atoms with Crippen LogP contribution < -0.4 is 0 Å². The number of hydrogen-bond donors (Lipinski definition) is 1. The molecule has 0 aromatic rings. The molecular weight excluding hydrogens is 429 g/mol. The highest BCUT2D eigenvalue weighted by atomic mass is 35.5. The van der Waals surface area contributed by atoms with E-state index < -0.39 is 5.60 Å². The second kappa shape index (κ2) is 9.02. The van der Waals surface area contributed by atoms with Crippen LogP contribution in [0.25, 0.3) is 0 Å². The van der Waals surface area contributed by atoms with E-state index in [2.05, 4.69) is 30.6 Å². The van der Waals surface area contributed by atoms with Crippen molar-refractivity contribution < 1.29 is 9.90 Å². The first-order valence-corrected chi connectivity index (χ1v) is 13.1. The van der Waals surface area contributed by atoms with Crippen LogP contribution in [0.5, 0.6) is 0 Å². The topological polar surface area (TPSA) is 40.5 Å². The second-order valence-electron chi connectivity index (χ2n) is 10.8. The Morgan fingerprint density at radius 1 is 1.06 bits per heavy atom. The number of halogens is 2. The molecule has 0 radical (unpaired) electrons. The Hall–Kier alpha value is -0.530. The number of carbonyl (C=O) groups is 1. The zero-order chi connectivity index (χ0) is 22.3. The van der Waals surface area contributed by atoms with Crippen LogP contribution in [0.15, 0.2) is 11.6 Å². The largest absolute Gasteiger partial charge is 0.377 e. The molecule has 3 fully saturated rings. The highest BCUT2D eigenvalue weighted by Gasteiger charge is 2.63. The molecule has 0 aromatic heterocycles. The SMILES string of the molecule is C[C@]12CCC(=O)C=C1CC[C@@H]1[C@@H]2CC[C@@]2(C)[C@H]1CC[C@@]2(O)C#CCN(CCCl)CCCl. The summed E-state index contributed by atoms with van der Waals surface area (Å²) in [6.45, 7) is 6.84. The molecular formula is C26H37Cl2NO2. The van der Waals surface area contributed by atoms with Gasteiger partial charge in [-0.15, -0.1) is 23.2 Å². The summed E-state index contributed by atoms with van der Waals surface area (Å²) in [6, 6.07) is 0. The van der Waals surface area contributed by atoms with Crippen molar-refractivity contribution in [1.82, 2.24) is 4.90 Å². The van der Waals surface area contributed by atoms with E-state index in [0.29, 0.717) is 48.3 Å². The minimum absolute atomic E-state index is 0.146. The molecule has 3 nitrogen and oxygen atoms in total. The highest BCUT2D eigenvalue weighted by Crippen LogP contribution is 2.67. The van der Waals surface area contributed by atoms with E-state index in [1.807, 2.05) is 6.08 Å². The van der Waals surface area contributed by atoms with Crippen molar-refractivity contribution in [3.8, 4) is 11.8 Å². The third-order valence-corrected chi connectivity index (χ3v) is 9.85. The lowest BCUT2D eigenvalue weighted by Gasteiger charge is -2.58. The molecule has 0 unspecified atom stereocenters. The summed E-state index contributed by atoms with van der Waals surface area (Å²) in [4.78, 5) is 14.2. The fraction of sp³-hybridized carbons (Fsp3) is 0.808. The van der Waals surface area contributed by atoms with E-state index >= 15 is 0 Å². The summed E-state index contributed by atoms with van der Waals surface area (Å²) >= 11 is 11.8. The number of fused-ring (bicyclic) bond motifs is 5. The van der Waals surface area contributed by atoms with Gasteiger partial charge < -0.3 is 5.11 Å². The monoisotopic (exact) mass is 465 g/mol. The Morgan fingerprint density at radius 3 is 2.48 bits per heavy atom. The smallest absolute Gasteiger partial charge is 0.155 e. The predicted molar refractivity (Wildman–Crippen MR) is 127 cm³/mol. The average Bonchev–Trinajstić information content (AvgIpc) is 3.00. The van der Waals surface area contributed by atoms with Gasteiger partial charge in [-0.25, -0.2) is 0 Å². The maximum atomic E-state index is 12.0. The molecule has 172 valence electrons. The van der Waals surface area contributed by atoms with Gasteiger partial charge >= 0.3 is 0 Å². The molecule has 6 atom stereocenters. The lowest BCUT2D eigenvalue weighted by atomic mass is 9.46. The van der Waals surface area contributed by atoms with E-state index in [-0.39, 0.29) is 10.8 Å². The number of nitrogens with zero attached hydrogens (tertiary/aromatic N) is 1. The van der Waals surface area contributed by atoms with E-state index in [1.54, 1.807) is 0 Å². The molecule has 31 heavy (non-hydrogen) atoms. The maximum Gasteiger partial charge on any atom is 0.155 e. The lowest BCUT2D eigenvalue weighted by Crippen LogP contribution is -2.54. The summed E-state index contributed by atoms with van der Waals surface area (Å²) in [5, 5.41) is 11.7. The van der Waals surface area contributed by atoms with Gasteiger partial charge in [0.2, 0.25) is 0 Å². The van der Waals surface area contributed by atoms with Gasteiger partial charge in [-0.05, 0) is 74.2 Å². The summed E-state index contributed by atoms with van der Waals surface area (Å²) in [5.41, 5.74) is 0.525. The molecule has 4 rings (SSSR count).